The Balaban J connectivity index is 1.72. The second-order valence-electron chi connectivity index (χ2n) is 10.8. The fourth-order valence-electron chi connectivity index (χ4n) is 5.75. The van der Waals surface area contributed by atoms with Gasteiger partial charge in [-0.1, -0.05) is 23.8 Å². The zero-order chi connectivity index (χ0) is 26.6. The number of carbonyl (C=O) groups excluding carboxylic acids is 2. The summed E-state index contributed by atoms with van der Waals surface area (Å²) in [5.74, 6) is 0.880. The number of sulfone groups is 1. The Morgan fingerprint density at radius 2 is 1.81 bits per heavy atom. The minimum absolute atomic E-state index is 0.0158. The number of carbonyl (C=O) groups is 2. The Hall–Kier alpha value is -3.33. The fourth-order valence-corrected chi connectivity index (χ4v) is 7.66. The summed E-state index contributed by atoms with van der Waals surface area (Å²) < 4.78 is 45.2. The molecule has 9 heteroatoms. The number of ether oxygens (including phenoxy) is 3. The molecule has 1 aliphatic carbocycles. The molecule has 0 N–H and O–H groups in total. The quantitative estimate of drug-likeness (QED) is 0.522. The molecule has 196 valence electrons. The molecule has 1 saturated heterocycles. The van der Waals surface area contributed by atoms with E-state index < -0.39 is 33.0 Å². The number of aryl methyl sites for hydroxylation is 1. The van der Waals surface area contributed by atoms with Gasteiger partial charge < -0.3 is 19.1 Å². The van der Waals surface area contributed by atoms with Crippen molar-refractivity contribution in [1.82, 2.24) is 4.90 Å². The Kier molecular flexibility index (Phi) is 6.09. The van der Waals surface area contributed by atoms with Crippen LogP contribution in [0, 0.1) is 6.92 Å². The lowest BCUT2D eigenvalue weighted by molar-refractivity contribution is 0.0195. The van der Waals surface area contributed by atoms with E-state index in [-0.39, 0.29) is 23.1 Å². The van der Waals surface area contributed by atoms with Gasteiger partial charge in [-0.05, 0) is 76.8 Å². The van der Waals surface area contributed by atoms with E-state index in [4.69, 9.17) is 14.2 Å². The minimum Gasteiger partial charge on any atom is -0.454 e. The highest BCUT2D eigenvalue weighted by Gasteiger charge is 2.58. The average Bonchev–Trinajstić information content (AvgIpc) is 3.46. The Morgan fingerprint density at radius 3 is 2.46 bits per heavy atom. The Labute approximate surface area is 217 Å². The van der Waals surface area contributed by atoms with Gasteiger partial charge in [0.1, 0.15) is 5.60 Å². The molecule has 2 atom stereocenters. The van der Waals surface area contributed by atoms with Crippen LogP contribution in [0.1, 0.15) is 61.5 Å². The molecule has 37 heavy (non-hydrogen) atoms. The fraction of sp³-hybridized carbons (Fsp3) is 0.429. The zero-order valence-corrected chi connectivity index (χ0v) is 22.3. The minimum atomic E-state index is -3.97. The summed E-state index contributed by atoms with van der Waals surface area (Å²) in [7, 11) is -3.97. The first kappa shape index (κ1) is 25.3. The maximum Gasteiger partial charge on any atom is 0.410 e. The molecule has 3 aliphatic rings. The highest BCUT2D eigenvalue weighted by molar-refractivity contribution is 7.95. The normalized spacial score (nSPS) is 22.9. The molecule has 5 rings (SSSR count). The van der Waals surface area contributed by atoms with Crippen LogP contribution in [-0.4, -0.2) is 50.7 Å². The summed E-state index contributed by atoms with van der Waals surface area (Å²) in [6.45, 7) is 7.58. The number of benzene rings is 2. The van der Waals surface area contributed by atoms with Crippen molar-refractivity contribution in [3.63, 3.8) is 0 Å². The predicted octanol–water partition coefficient (Wildman–Crippen LogP) is 4.94. The molecular formula is C28H31NO7S. The van der Waals surface area contributed by atoms with Crippen LogP contribution in [0.15, 0.2) is 52.3 Å². The summed E-state index contributed by atoms with van der Waals surface area (Å²) in [6, 6.07) is 9.51. The van der Waals surface area contributed by atoms with Crippen LogP contribution in [0.4, 0.5) is 4.79 Å². The third-order valence-electron chi connectivity index (χ3n) is 7.30. The van der Waals surface area contributed by atoms with Gasteiger partial charge in [0.15, 0.2) is 17.8 Å². The lowest BCUT2D eigenvalue weighted by Gasteiger charge is -2.43. The lowest BCUT2D eigenvalue weighted by Crippen LogP contribution is -2.50. The number of aldehydes is 1. The molecule has 0 spiro atoms. The van der Waals surface area contributed by atoms with Crippen LogP contribution < -0.4 is 9.47 Å². The number of amides is 1. The van der Waals surface area contributed by atoms with Gasteiger partial charge in [0.05, 0.1) is 15.2 Å². The SMILES string of the molecule is Cc1ccc(S(=O)(=O)C2=CCC[C@H]3N(C(=O)OC(C)(C)C)CC[C@@]23c2cc3c(cc2C=O)OCO3)cc1. The number of hydrogen-bond acceptors (Lipinski definition) is 7. The van der Waals surface area contributed by atoms with E-state index in [0.717, 1.165) is 5.56 Å². The molecule has 2 aromatic rings. The maximum absolute atomic E-state index is 14.2. The molecule has 1 amide bonds. The molecule has 2 heterocycles. The number of nitrogens with zero attached hydrogens (tertiary/aromatic N) is 1. The Bertz CT molecular complexity index is 1390. The first-order chi connectivity index (χ1) is 17.5. The third-order valence-corrected chi connectivity index (χ3v) is 9.31. The predicted molar refractivity (Wildman–Crippen MR) is 137 cm³/mol. The molecule has 0 bridgehead atoms. The number of rotatable bonds is 4. The summed E-state index contributed by atoms with van der Waals surface area (Å²) >= 11 is 0. The standard InChI is InChI=1S/C28H31NO7S/c1-18-8-10-20(11-9-18)37(32,33)25-7-5-6-24-28(25,12-13-29(24)26(31)36-27(2,3)4)21-15-23-22(34-17-35-23)14-19(21)16-30/h7-11,14-16,24H,5-6,12-13,17H2,1-4H3/t24-,28+/m1/s1. The first-order valence-electron chi connectivity index (χ1n) is 12.4. The average molecular weight is 526 g/mol. The summed E-state index contributed by atoms with van der Waals surface area (Å²) in [5.41, 5.74) is -0.0938. The largest absolute Gasteiger partial charge is 0.454 e. The van der Waals surface area contributed by atoms with E-state index in [0.29, 0.717) is 48.2 Å². The van der Waals surface area contributed by atoms with Gasteiger partial charge in [-0.25, -0.2) is 13.2 Å². The van der Waals surface area contributed by atoms with Gasteiger partial charge >= 0.3 is 6.09 Å². The van der Waals surface area contributed by atoms with Gasteiger partial charge in [-0.2, -0.15) is 0 Å². The molecule has 1 fully saturated rings. The molecule has 0 radical (unpaired) electrons. The van der Waals surface area contributed by atoms with Crippen molar-refractivity contribution in [2.75, 3.05) is 13.3 Å². The highest BCUT2D eigenvalue weighted by atomic mass is 32.2. The van der Waals surface area contributed by atoms with Crippen LogP contribution in [0.3, 0.4) is 0 Å². The van der Waals surface area contributed by atoms with Crippen molar-refractivity contribution >= 4 is 22.2 Å². The second kappa shape index (κ2) is 8.90. The summed E-state index contributed by atoms with van der Waals surface area (Å²) in [5, 5.41) is 0. The van der Waals surface area contributed by atoms with Crippen LogP contribution in [0.5, 0.6) is 11.5 Å². The smallest absolute Gasteiger partial charge is 0.410 e. The highest BCUT2D eigenvalue weighted by Crippen LogP contribution is 2.55. The monoisotopic (exact) mass is 525 g/mol. The van der Waals surface area contributed by atoms with E-state index in [1.54, 1.807) is 68.1 Å². The van der Waals surface area contributed by atoms with Crippen molar-refractivity contribution in [3.8, 4) is 11.5 Å². The van der Waals surface area contributed by atoms with Gasteiger partial charge in [0.25, 0.3) is 0 Å². The Morgan fingerprint density at radius 1 is 1.14 bits per heavy atom. The van der Waals surface area contributed by atoms with Gasteiger partial charge in [0, 0.05) is 18.2 Å². The molecular weight excluding hydrogens is 494 g/mol. The lowest BCUT2D eigenvalue weighted by atomic mass is 9.68. The number of hydrogen-bond donors (Lipinski definition) is 0. The molecule has 2 aliphatic heterocycles. The van der Waals surface area contributed by atoms with E-state index in [1.807, 2.05) is 6.92 Å². The van der Waals surface area contributed by atoms with E-state index in [9.17, 15) is 18.0 Å². The van der Waals surface area contributed by atoms with E-state index in [1.165, 1.54) is 0 Å². The van der Waals surface area contributed by atoms with Crippen molar-refractivity contribution in [2.24, 2.45) is 0 Å². The third kappa shape index (κ3) is 4.19. The van der Waals surface area contributed by atoms with Gasteiger partial charge in [0.2, 0.25) is 16.6 Å². The first-order valence-corrected chi connectivity index (χ1v) is 13.9. The van der Waals surface area contributed by atoms with E-state index >= 15 is 0 Å². The van der Waals surface area contributed by atoms with Crippen molar-refractivity contribution in [3.05, 3.63) is 64.1 Å². The van der Waals surface area contributed by atoms with Crippen LogP contribution in [0.2, 0.25) is 0 Å². The van der Waals surface area contributed by atoms with Crippen molar-refractivity contribution in [2.45, 2.75) is 68.9 Å². The van der Waals surface area contributed by atoms with E-state index in [2.05, 4.69) is 0 Å². The van der Waals surface area contributed by atoms with Gasteiger partial charge in [-0.15, -0.1) is 0 Å². The molecule has 2 aromatic carbocycles. The molecule has 8 nitrogen and oxygen atoms in total. The summed E-state index contributed by atoms with van der Waals surface area (Å²) in [6.07, 6.45) is 3.27. The maximum atomic E-state index is 14.2. The molecule has 0 unspecified atom stereocenters. The molecule has 0 aromatic heterocycles. The number of likely N-dealkylation sites (tertiary alicyclic amines) is 1. The topological polar surface area (TPSA) is 99.2 Å². The summed E-state index contributed by atoms with van der Waals surface area (Å²) in [4.78, 5) is 27.7. The van der Waals surface area contributed by atoms with Crippen molar-refractivity contribution in [1.29, 1.82) is 0 Å². The number of allylic oxidation sites excluding steroid dienone is 1. The van der Waals surface area contributed by atoms with Crippen LogP contribution in [-0.2, 0) is 20.0 Å². The molecule has 0 saturated carbocycles. The van der Waals surface area contributed by atoms with Crippen LogP contribution >= 0.6 is 0 Å². The second-order valence-corrected chi connectivity index (χ2v) is 12.7. The number of fused-ring (bicyclic) bond motifs is 2. The zero-order valence-electron chi connectivity index (χ0n) is 21.4. The van der Waals surface area contributed by atoms with Crippen molar-refractivity contribution < 1.29 is 32.2 Å². The van der Waals surface area contributed by atoms with Crippen LogP contribution in [0.25, 0.3) is 0 Å². The van der Waals surface area contributed by atoms with Gasteiger partial charge in [-0.3, -0.25) is 4.79 Å².